The van der Waals surface area contributed by atoms with Gasteiger partial charge in [-0.3, -0.25) is 10.3 Å². The molecule has 4 nitrogen and oxygen atoms in total. The molecule has 0 atom stereocenters. The molecule has 2 aromatic carbocycles. The highest BCUT2D eigenvalue weighted by molar-refractivity contribution is 8.13. The van der Waals surface area contributed by atoms with Crippen molar-refractivity contribution >= 4 is 47.4 Å². The lowest BCUT2D eigenvalue weighted by Gasteiger charge is -2.19. The van der Waals surface area contributed by atoms with Gasteiger partial charge in [0.1, 0.15) is 5.60 Å². The van der Waals surface area contributed by atoms with E-state index in [2.05, 4.69) is 49.4 Å². The number of fused-ring (bicyclic) bond motifs is 1. The van der Waals surface area contributed by atoms with Crippen molar-refractivity contribution in [3.8, 4) is 0 Å². The Kier molecular flexibility index (Phi) is 6.76. The van der Waals surface area contributed by atoms with Crippen LogP contribution in [0.4, 0.5) is 10.5 Å². The minimum Gasteiger partial charge on any atom is -0.444 e. The van der Waals surface area contributed by atoms with Crippen LogP contribution >= 0.6 is 11.8 Å². The van der Waals surface area contributed by atoms with Crippen LogP contribution in [0.3, 0.4) is 0 Å². The lowest BCUT2D eigenvalue weighted by atomic mass is 10.1. The van der Waals surface area contributed by atoms with E-state index in [1.165, 1.54) is 0 Å². The van der Waals surface area contributed by atoms with Gasteiger partial charge in [-0.1, -0.05) is 37.8 Å². The van der Waals surface area contributed by atoms with Crippen molar-refractivity contribution < 1.29 is 9.53 Å². The largest absolute Gasteiger partial charge is 0.444 e. The highest BCUT2D eigenvalue weighted by Gasteiger charge is 2.16. The Balaban J connectivity index is 2.22. The molecule has 0 aromatic heterocycles. The minimum atomic E-state index is -1.22. The van der Waals surface area contributed by atoms with Crippen LogP contribution in [0.2, 0.25) is 19.6 Å². The predicted molar refractivity (Wildman–Crippen MR) is 122 cm³/mol. The van der Waals surface area contributed by atoms with Gasteiger partial charge in [-0.05, 0) is 56.0 Å². The molecular weight excluding hydrogens is 372 g/mol. The van der Waals surface area contributed by atoms with Gasteiger partial charge in [0.05, 0.1) is 13.1 Å². The fourth-order valence-corrected chi connectivity index (χ4v) is 3.76. The molecule has 0 heterocycles. The molecular formula is C21H30N2O2SSi. The first-order chi connectivity index (χ1) is 12.5. The number of anilines is 1. The molecule has 0 aliphatic rings. The smallest absolute Gasteiger partial charge is 0.412 e. The number of carbonyl (C=O) groups excluding carboxylic acids is 1. The average Bonchev–Trinajstić information content (AvgIpc) is 2.52. The summed E-state index contributed by atoms with van der Waals surface area (Å²) in [6, 6.07) is 12.2. The number of nitrogens with one attached hydrogen (secondary N) is 1. The van der Waals surface area contributed by atoms with Gasteiger partial charge in [-0.15, -0.1) is 11.8 Å². The maximum atomic E-state index is 12.0. The number of carbonyl (C=O) groups is 1. The Labute approximate surface area is 167 Å². The van der Waals surface area contributed by atoms with Crippen LogP contribution in [-0.2, 0) is 4.74 Å². The Hall–Kier alpha value is -1.79. The maximum absolute atomic E-state index is 12.0. The maximum Gasteiger partial charge on any atom is 0.412 e. The zero-order valence-corrected chi connectivity index (χ0v) is 19.2. The molecule has 146 valence electrons. The number of nitrogens with zero attached hydrogens (tertiary/aromatic N) is 1. The molecule has 0 aliphatic heterocycles. The number of thioether (sulfide) groups is 1. The molecule has 27 heavy (non-hydrogen) atoms. The molecule has 0 radical (unpaired) electrons. The summed E-state index contributed by atoms with van der Waals surface area (Å²) in [5.41, 5.74) is 1.35. The van der Waals surface area contributed by atoms with Gasteiger partial charge in [0, 0.05) is 17.4 Å². The van der Waals surface area contributed by atoms with Crippen LogP contribution in [0.15, 0.2) is 41.4 Å². The number of rotatable bonds is 4. The van der Waals surface area contributed by atoms with Gasteiger partial charge in [0.25, 0.3) is 0 Å². The Morgan fingerprint density at radius 3 is 2.33 bits per heavy atom. The van der Waals surface area contributed by atoms with Gasteiger partial charge < -0.3 is 4.74 Å². The lowest BCUT2D eigenvalue weighted by molar-refractivity contribution is 0.0636. The predicted octanol–water partition coefficient (Wildman–Crippen LogP) is 6.17. The molecule has 0 fully saturated rings. The summed E-state index contributed by atoms with van der Waals surface area (Å²) in [6.45, 7) is 12.5. The molecule has 0 unspecified atom stereocenters. The third kappa shape index (κ3) is 7.03. The van der Waals surface area contributed by atoms with E-state index < -0.39 is 19.8 Å². The molecule has 0 saturated heterocycles. The summed E-state index contributed by atoms with van der Waals surface area (Å²) in [5.74, 6) is 0. The second kappa shape index (κ2) is 8.48. The van der Waals surface area contributed by atoms with Crippen molar-refractivity contribution in [1.29, 1.82) is 0 Å². The molecule has 2 rings (SSSR count). The van der Waals surface area contributed by atoms with Gasteiger partial charge in [-0.25, -0.2) is 4.79 Å². The monoisotopic (exact) mass is 402 g/mol. The zero-order valence-electron chi connectivity index (χ0n) is 17.3. The number of aliphatic imine (C=N–C) groups is 1. The summed E-state index contributed by atoms with van der Waals surface area (Å²) >= 11 is 1.69. The normalized spacial score (nSPS) is 12.9. The van der Waals surface area contributed by atoms with E-state index in [1.54, 1.807) is 11.8 Å². The summed E-state index contributed by atoms with van der Waals surface area (Å²) < 4.78 is 5.31. The molecule has 2 aromatic rings. The number of ether oxygens (including phenoxy) is 1. The summed E-state index contributed by atoms with van der Waals surface area (Å²) in [4.78, 5) is 16.8. The summed E-state index contributed by atoms with van der Waals surface area (Å²) in [5, 5.41) is 6.06. The van der Waals surface area contributed by atoms with E-state index in [0.29, 0.717) is 0 Å². The first kappa shape index (κ1) is 21.5. The van der Waals surface area contributed by atoms with Crippen LogP contribution < -0.4 is 5.32 Å². The summed E-state index contributed by atoms with van der Waals surface area (Å²) in [6.07, 6.45) is 2.56. The highest BCUT2D eigenvalue weighted by Crippen LogP contribution is 2.23. The van der Waals surface area contributed by atoms with Gasteiger partial charge in [0.15, 0.2) is 0 Å². The van der Waals surface area contributed by atoms with E-state index >= 15 is 0 Å². The molecule has 0 spiro atoms. The topological polar surface area (TPSA) is 50.7 Å². The molecule has 0 saturated carbocycles. The van der Waals surface area contributed by atoms with E-state index in [1.807, 2.05) is 39.0 Å². The van der Waals surface area contributed by atoms with E-state index in [-0.39, 0.29) is 0 Å². The standard InChI is InChI=1S/C21H30N2O2SSi/c1-21(2,3)25-20(24)23-18-11-10-15-12-17(9-8-16(15)13-18)19(26-4)22-14-27(5,6)7/h8-13H,14H2,1-7H3,(H,23,24). The number of hydrogen-bond donors (Lipinski definition) is 1. The first-order valence-corrected chi connectivity index (χ1v) is 14.0. The van der Waals surface area contributed by atoms with Crippen molar-refractivity contribution in [2.45, 2.75) is 46.0 Å². The van der Waals surface area contributed by atoms with Gasteiger partial charge in [-0.2, -0.15) is 0 Å². The quantitative estimate of drug-likeness (QED) is 0.378. The molecule has 1 N–H and O–H groups in total. The number of amides is 1. The molecule has 0 bridgehead atoms. The third-order valence-corrected chi connectivity index (χ3v) is 5.48. The Bertz CT molecular complexity index is 851. The van der Waals surface area contributed by atoms with E-state index in [9.17, 15) is 4.79 Å². The van der Waals surface area contributed by atoms with Crippen molar-refractivity contribution in [2.24, 2.45) is 4.99 Å². The highest BCUT2D eigenvalue weighted by atomic mass is 32.2. The second-order valence-electron chi connectivity index (χ2n) is 8.79. The van der Waals surface area contributed by atoms with Crippen molar-refractivity contribution in [3.05, 3.63) is 42.0 Å². The van der Waals surface area contributed by atoms with Crippen LogP contribution in [0, 0.1) is 0 Å². The first-order valence-electron chi connectivity index (χ1n) is 9.09. The van der Waals surface area contributed by atoms with Gasteiger partial charge >= 0.3 is 6.09 Å². The van der Waals surface area contributed by atoms with Crippen LogP contribution in [0.5, 0.6) is 0 Å². The van der Waals surface area contributed by atoms with Crippen LogP contribution in [-0.4, -0.2) is 37.2 Å². The zero-order chi connectivity index (χ0) is 20.2. The number of hydrogen-bond acceptors (Lipinski definition) is 4. The molecule has 6 heteroatoms. The molecule has 0 aliphatic carbocycles. The molecule has 1 amide bonds. The second-order valence-corrected chi connectivity index (χ2v) is 15.0. The fraction of sp³-hybridized carbons (Fsp3) is 0.429. The fourth-order valence-electron chi connectivity index (χ4n) is 2.46. The van der Waals surface area contributed by atoms with Crippen molar-refractivity contribution in [2.75, 3.05) is 17.7 Å². The lowest BCUT2D eigenvalue weighted by Crippen LogP contribution is -2.27. The van der Waals surface area contributed by atoms with E-state index in [0.717, 1.165) is 33.2 Å². The van der Waals surface area contributed by atoms with Crippen LogP contribution in [0.25, 0.3) is 10.8 Å². The Morgan fingerprint density at radius 2 is 1.74 bits per heavy atom. The number of benzene rings is 2. The average molecular weight is 403 g/mol. The minimum absolute atomic E-state index is 0.443. The van der Waals surface area contributed by atoms with Crippen molar-refractivity contribution in [1.82, 2.24) is 0 Å². The van der Waals surface area contributed by atoms with E-state index in [4.69, 9.17) is 9.73 Å². The SMILES string of the molecule is CSC(=NC[Si](C)(C)C)c1ccc2cc(NC(=O)OC(C)(C)C)ccc2c1. The van der Waals surface area contributed by atoms with Gasteiger partial charge in [0.2, 0.25) is 0 Å². The summed E-state index contributed by atoms with van der Waals surface area (Å²) in [7, 11) is -1.22. The van der Waals surface area contributed by atoms with Crippen LogP contribution in [0.1, 0.15) is 26.3 Å². The Morgan fingerprint density at radius 1 is 1.11 bits per heavy atom. The third-order valence-electron chi connectivity index (χ3n) is 3.62. The van der Waals surface area contributed by atoms with Crippen molar-refractivity contribution in [3.63, 3.8) is 0 Å².